The molecular formula is C18H15N3O5. The Morgan fingerprint density at radius 3 is 2.77 bits per heavy atom. The smallest absolute Gasteiger partial charge is 0.311 e. The average Bonchev–Trinajstić information content (AvgIpc) is 2.99. The van der Waals surface area contributed by atoms with Crippen molar-refractivity contribution >= 4 is 34.5 Å². The van der Waals surface area contributed by atoms with E-state index in [0.717, 1.165) is 17.2 Å². The number of hydrogen-bond acceptors (Lipinski definition) is 5. The number of aromatic nitrogens is 1. The van der Waals surface area contributed by atoms with E-state index in [4.69, 9.17) is 4.74 Å². The number of hydrogen-bond donors (Lipinski definition) is 1. The second-order valence-corrected chi connectivity index (χ2v) is 5.54. The lowest BCUT2D eigenvalue weighted by molar-refractivity contribution is -0.385. The molecule has 0 unspecified atom stereocenters. The summed E-state index contributed by atoms with van der Waals surface area (Å²) in [5.74, 6) is -0.276. The number of carbonyl (C=O) groups excluding carboxylic acids is 2. The highest BCUT2D eigenvalue weighted by molar-refractivity contribution is 5.99. The van der Waals surface area contributed by atoms with Crippen LogP contribution in [0.3, 0.4) is 0 Å². The number of nitro benzene ring substituents is 1. The van der Waals surface area contributed by atoms with Crippen molar-refractivity contribution in [3.63, 3.8) is 0 Å². The van der Waals surface area contributed by atoms with Gasteiger partial charge in [-0.05, 0) is 12.1 Å². The van der Waals surface area contributed by atoms with Crippen LogP contribution in [0.15, 0.2) is 48.7 Å². The first-order valence-corrected chi connectivity index (χ1v) is 7.69. The Labute approximate surface area is 148 Å². The van der Waals surface area contributed by atoms with Crippen LogP contribution in [0.1, 0.15) is 10.4 Å². The monoisotopic (exact) mass is 353 g/mol. The van der Waals surface area contributed by atoms with Gasteiger partial charge in [-0.25, -0.2) is 0 Å². The molecule has 3 rings (SSSR count). The molecule has 1 aromatic heterocycles. The highest BCUT2D eigenvalue weighted by atomic mass is 16.6. The van der Waals surface area contributed by atoms with Gasteiger partial charge < -0.3 is 14.6 Å². The predicted octanol–water partition coefficient (Wildman–Crippen LogP) is 3.01. The molecule has 26 heavy (non-hydrogen) atoms. The van der Waals surface area contributed by atoms with Gasteiger partial charge in [0, 0.05) is 40.5 Å². The number of ether oxygens (including phenoxy) is 1. The molecule has 0 aliphatic carbocycles. The Morgan fingerprint density at radius 2 is 2.08 bits per heavy atom. The molecule has 0 saturated carbocycles. The molecule has 0 saturated heterocycles. The van der Waals surface area contributed by atoms with Crippen molar-refractivity contribution in [2.24, 2.45) is 0 Å². The molecule has 0 radical (unpaired) electrons. The fourth-order valence-electron chi connectivity index (χ4n) is 2.76. The second-order valence-electron chi connectivity index (χ2n) is 5.54. The Bertz CT molecular complexity index is 1010. The van der Waals surface area contributed by atoms with E-state index in [1.807, 2.05) is 24.3 Å². The maximum atomic E-state index is 12.3. The topological polar surface area (TPSA) is 103 Å². The number of carbonyl (C=O) groups is 2. The first-order valence-electron chi connectivity index (χ1n) is 7.69. The van der Waals surface area contributed by atoms with Crippen LogP contribution in [0, 0.1) is 10.1 Å². The van der Waals surface area contributed by atoms with Gasteiger partial charge >= 0.3 is 5.69 Å². The molecule has 1 N–H and O–H groups in total. The molecule has 0 aliphatic heterocycles. The van der Waals surface area contributed by atoms with E-state index in [1.54, 1.807) is 10.8 Å². The number of nitrogens with zero attached hydrogens (tertiary/aromatic N) is 2. The number of para-hydroxylation sites is 1. The van der Waals surface area contributed by atoms with Crippen LogP contribution in [0.4, 0.5) is 11.4 Å². The van der Waals surface area contributed by atoms with Gasteiger partial charge in [0.05, 0.1) is 12.0 Å². The van der Waals surface area contributed by atoms with E-state index in [1.165, 1.54) is 25.3 Å². The Morgan fingerprint density at radius 1 is 1.31 bits per heavy atom. The van der Waals surface area contributed by atoms with Crippen molar-refractivity contribution in [2.45, 2.75) is 6.54 Å². The molecule has 8 heteroatoms. The maximum absolute atomic E-state index is 12.3. The first-order chi connectivity index (χ1) is 12.5. The Hall–Kier alpha value is -3.68. The molecule has 0 atom stereocenters. The van der Waals surface area contributed by atoms with E-state index in [9.17, 15) is 19.7 Å². The molecule has 0 bridgehead atoms. The summed E-state index contributed by atoms with van der Waals surface area (Å²) in [6.07, 6.45) is 2.37. The van der Waals surface area contributed by atoms with E-state index in [0.29, 0.717) is 11.3 Å². The quantitative estimate of drug-likeness (QED) is 0.417. The Kier molecular flexibility index (Phi) is 4.66. The third kappa shape index (κ3) is 3.25. The zero-order valence-electron chi connectivity index (χ0n) is 13.8. The van der Waals surface area contributed by atoms with Crippen LogP contribution in [-0.2, 0) is 11.3 Å². The number of nitrogens with one attached hydrogen (secondary N) is 1. The normalized spacial score (nSPS) is 10.5. The van der Waals surface area contributed by atoms with Crippen molar-refractivity contribution in [1.82, 2.24) is 4.57 Å². The summed E-state index contributed by atoms with van der Waals surface area (Å²) < 4.78 is 6.66. The van der Waals surface area contributed by atoms with Crippen LogP contribution in [0.25, 0.3) is 10.9 Å². The number of anilines is 1. The van der Waals surface area contributed by atoms with Crippen LogP contribution in [0.2, 0.25) is 0 Å². The first kappa shape index (κ1) is 17.2. The van der Waals surface area contributed by atoms with E-state index < -0.39 is 4.92 Å². The lowest BCUT2D eigenvalue weighted by Gasteiger charge is -2.09. The van der Waals surface area contributed by atoms with Gasteiger partial charge in [-0.3, -0.25) is 19.7 Å². The third-order valence-corrected chi connectivity index (χ3v) is 3.92. The Balaban J connectivity index is 1.82. The third-order valence-electron chi connectivity index (χ3n) is 3.92. The molecule has 1 heterocycles. The maximum Gasteiger partial charge on any atom is 0.311 e. The number of rotatable bonds is 6. The molecule has 2 aromatic carbocycles. The molecular weight excluding hydrogens is 338 g/mol. The van der Waals surface area contributed by atoms with Gasteiger partial charge in [-0.2, -0.15) is 0 Å². The highest BCUT2D eigenvalue weighted by Crippen LogP contribution is 2.29. The molecule has 1 amide bonds. The predicted molar refractivity (Wildman–Crippen MR) is 95.6 cm³/mol. The SMILES string of the molecule is COc1cc(NC(=O)Cn2cc(C=O)c3ccccc32)ccc1[N+](=O)[O-]. The van der Waals surface area contributed by atoms with Crippen molar-refractivity contribution in [1.29, 1.82) is 0 Å². The summed E-state index contributed by atoms with van der Waals surface area (Å²) in [5, 5.41) is 14.4. The zero-order chi connectivity index (χ0) is 18.7. The second kappa shape index (κ2) is 7.06. The minimum atomic E-state index is -0.558. The summed E-state index contributed by atoms with van der Waals surface area (Å²) in [6, 6.07) is 11.4. The van der Waals surface area contributed by atoms with Crippen LogP contribution in [-0.4, -0.2) is 28.8 Å². The van der Waals surface area contributed by atoms with Crippen molar-refractivity contribution in [3.8, 4) is 5.75 Å². The summed E-state index contributed by atoms with van der Waals surface area (Å²) in [6.45, 7) is -0.00629. The zero-order valence-corrected chi connectivity index (χ0v) is 13.8. The number of methoxy groups -OCH3 is 1. The standard InChI is InChI=1S/C18H15N3O5/c1-26-17-8-13(6-7-16(17)21(24)25)19-18(23)10-20-9-12(11-22)14-4-2-3-5-15(14)20/h2-9,11H,10H2,1H3,(H,19,23). The fourth-order valence-corrected chi connectivity index (χ4v) is 2.76. The van der Waals surface area contributed by atoms with E-state index in [2.05, 4.69) is 5.32 Å². The molecule has 3 aromatic rings. The largest absolute Gasteiger partial charge is 0.490 e. The molecule has 0 aliphatic rings. The number of aldehydes is 1. The average molecular weight is 353 g/mol. The minimum absolute atomic E-state index is 0.00629. The summed E-state index contributed by atoms with van der Waals surface area (Å²) in [4.78, 5) is 33.9. The number of nitro groups is 1. The summed E-state index contributed by atoms with van der Waals surface area (Å²) in [7, 11) is 1.32. The van der Waals surface area contributed by atoms with Gasteiger partial charge in [-0.1, -0.05) is 18.2 Å². The van der Waals surface area contributed by atoms with E-state index >= 15 is 0 Å². The van der Waals surface area contributed by atoms with Crippen LogP contribution in [0.5, 0.6) is 5.75 Å². The van der Waals surface area contributed by atoms with Gasteiger partial charge in [0.25, 0.3) is 0 Å². The van der Waals surface area contributed by atoms with Crippen molar-refractivity contribution in [3.05, 3.63) is 64.3 Å². The number of amides is 1. The van der Waals surface area contributed by atoms with Crippen LogP contribution < -0.4 is 10.1 Å². The lowest BCUT2D eigenvalue weighted by atomic mass is 10.2. The van der Waals surface area contributed by atoms with Gasteiger partial charge in [-0.15, -0.1) is 0 Å². The van der Waals surface area contributed by atoms with Gasteiger partial charge in [0.2, 0.25) is 5.91 Å². The molecule has 132 valence electrons. The van der Waals surface area contributed by atoms with Crippen molar-refractivity contribution in [2.75, 3.05) is 12.4 Å². The summed E-state index contributed by atoms with van der Waals surface area (Å²) >= 11 is 0. The van der Waals surface area contributed by atoms with Gasteiger partial charge in [0.15, 0.2) is 12.0 Å². The van der Waals surface area contributed by atoms with E-state index in [-0.39, 0.29) is 23.9 Å². The van der Waals surface area contributed by atoms with Gasteiger partial charge in [0.1, 0.15) is 6.54 Å². The fraction of sp³-hybridized carbons (Fsp3) is 0.111. The molecule has 0 fully saturated rings. The molecule has 0 spiro atoms. The minimum Gasteiger partial charge on any atom is -0.490 e. The number of fused-ring (bicyclic) bond motifs is 1. The highest BCUT2D eigenvalue weighted by Gasteiger charge is 2.16. The number of benzene rings is 2. The summed E-state index contributed by atoms with van der Waals surface area (Å²) in [5.41, 5.74) is 1.47. The molecule has 8 nitrogen and oxygen atoms in total. The van der Waals surface area contributed by atoms with Crippen LogP contribution >= 0.6 is 0 Å². The lowest BCUT2D eigenvalue weighted by Crippen LogP contribution is -2.18. The van der Waals surface area contributed by atoms with Crippen molar-refractivity contribution < 1.29 is 19.2 Å².